The zero-order valence-electron chi connectivity index (χ0n) is 13.6. The zero-order valence-corrected chi connectivity index (χ0v) is 14.4. The van der Waals surface area contributed by atoms with Gasteiger partial charge in [0.2, 0.25) is 10.0 Å². The SMILES string of the molecule is COc1c(C)cc(S(=O)(=O)N2CCC[C@@H](C)C2)c(C)c1C. The highest BCUT2D eigenvalue weighted by Gasteiger charge is 2.31. The van der Waals surface area contributed by atoms with E-state index in [1.54, 1.807) is 17.5 Å². The molecule has 1 atom stereocenters. The van der Waals surface area contributed by atoms with Crippen LogP contribution in [0, 0.1) is 26.7 Å². The predicted octanol–water partition coefficient (Wildman–Crippen LogP) is 3.04. The first-order valence-electron chi connectivity index (χ1n) is 7.44. The summed E-state index contributed by atoms with van der Waals surface area (Å²) in [6.07, 6.45) is 2.04. The van der Waals surface area contributed by atoms with Crippen molar-refractivity contribution in [1.82, 2.24) is 4.31 Å². The van der Waals surface area contributed by atoms with Crippen molar-refractivity contribution in [3.05, 3.63) is 22.8 Å². The molecule has 0 radical (unpaired) electrons. The van der Waals surface area contributed by atoms with E-state index in [-0.39, 0.29) is 0 Å². The highest BCUT2D eigenvalue weighted by molar-refractivity contribution is 7.89. The maximum atomic E-state index is 12.9. The fraction of sp³-hybridized carbons (Fsp3) is 0.625. The largest absolute Gasteiger partial charge is 0.496 e. The van der Waals surface area contributed by atoms with Gasteiger partial charge in [-0.3, -0.25) is 0 Å². The lowest BCUT2D eigenvalue weighted by Gasteiger charge is -2.31. The molecule has 1 fully saturated rings. The van der Waals surface area contributed by atoms with Crippen molar-refractivity contribution in [2.75, 3.05) is 20.2 Å². The Morgan fingerprint density at radius 2 is 1.90 bits per heavy atom. The number of nitrogens with zero attached hydrogens (tertiary/aromatic N) is 1. The molecular weight excluding hydrogens is 286 g/mol. The quantitative estimate of drug-likeness (QED) is 0.862. The second-order valence-electron chi connectivity index (χ2n) is 6.09. The van der Waals surface area contributed by atoms with Crippen molar-refractivity contribution < 1.29 is 13.2 Å². The summed E-state index contributed by atoms with van der Waals surface area (Å²) in [6.45, 7) is 9.01. The Kier molecular flexibility index (Phi) is 4.63. The number of aryl methyl sites for hydroxylation is 1. The van der Waals surface area contributed by atoms with Crippen LogP contribution in [0.2, 0.25) is 0 Å². The fourth-order valence-corrected chi connectivity index (χ4v) is 5.07. The first kappa shape index (κ1) is 16.3. The van der Waals surface area contributed by atoms with Gasteiger partial charge < -0.3 is 4.74 Å². The van der Waals surface area contributed by atoms with Crippen molar-refractivity contribution in [3.63, 3.8) is 0 Å². The molecule has 0 amide bonds. The van der Waals surface area contributed by atoms with Gasteiger partial charge in [-0.05, 0) is 62.3 Å². The molecule has 2 rings (SSSR count). The highest BCUT2D eigenvalue weighted by atomic mass is 32.2. The Morgan fingerprint density at radius 3 is 2.48 bits per heavy atom. The molecule has 21 heavy (non-hydrogen) atoms. The minimum absolute atomic E-state index is 0.424. The van der Waals surface area contributed by atoms with Gasteiger partial charge in [0.1, 0.15) is 5.75 Å². The molecule has 1 aliphatic heterocycles. The molecular formula is C16H25NO3S. The number of benzene rings is 1. The standard InChI is InChI=1S/C16H25NO3S/c1-11-7-6-8-17(10-11)21(18,19)15-9-12(2)16(20-5)14(4)13(15)3/h9,11H,6-8,10H2,1-5H3/t11-/m1/s1. The van der Waals surface area contributed by atoms with Crippen LogP contribution in [0.15, 0.2) is 11.0 Å². The number of methoxy groups -OCH3 is 1. The van der Waals surface area contributed by atoms with Crippen LogP contribution >= 0.6 is 0 Å². The van der Waals surface area contributed by atoms with Gasteiger partial charge in [-0.1, -0.05) is 6.92 Å². The van der Waals surface area contributed by atoms with Gasteiger partial charge in [-0.25, -0.2) is 8.42 Å². The van der Waals surface area contributed by atoms with E-state index in [0.717, 1.165) is 35.3 Å². The van der Waals surface area contributed by atoms with Gasteiger partial charge in [0, 0.05) is 13.1 Å². The maximum Gasteiger partial charge on any atom is 0.243 e. The summed E-state index contributed by atoms with van der Waals surface area (Å²) < 4.78 is 32.9. The monoisotopic (exact) mass is 311 g/mol. The van der Waals surface area contributed by atoms with Gasteiger partial charge >= 0.3 is 0 Å². The van der Waals surface area contributed by atoms with Crippen LogP contribution in [0.25, 0.3) is 0 Å². The molecule has 0 unspecified atom stereocenters. The molecule has 1 heterocycles. The summed E-state index contributed by atoms with van der Waals surface area (Å²) in [4.78, 5) is 0.424. The van der Waals surface area contributed by atoms with E-state index in [1.165, 1.54) is 0 Å². The van der Waals surface area contributed by atoms with E-state index in [2.05, 4.69) is 6.92 Å². The smallest absolute Gasteiger partial charge is 0.243 e. The van der Waals surface area contributed by atoms with Crippen molar-refractivity contribution >= 4 is 10.0 Å². The second-order valence-corrected chi connectivity index (χ2v) is 7.99. The topological polar surface area (TPSA) is 46.6 Å². The molecule has 1 aromatic rings. The summed E-state index contributed by atoms with van der Waals surface area (Å²) in [5.74, 6) is 1.20. The Hall–Kier alpha value is -1.07. The van der Waals surface area contributed by atoms with Crippen molar-refractivity contribution in [1.29, 1.82) is 0 Å². The summed E-state index contributed by atoms with van der Waals surface area (Å²) in [7, 11) is -1.80. The van der Waals surface area contributed by atoms with Crippen LogP contribution < -0.4 is 4.74 Å². The molecule has 1 saturated heterocycles. The van der Waals surface area contributed by atoms with Gasteiger partial charge in [0.15, 0.2) is 0 Å². The molecule has 0 aromatic heterocycles. The zero-order chi connectivity index (χ0) is 15.8. The lowest BCUT2D eigenvalue weighted by atomic mass is 10.0. The average molecular weight is 311 g/mol. The van der Waals surface area contributed by atoms with Crippen LogP contribution in [-0.4, -0.2) is 32.9 Å². The van der Waals surface area contributed by atoms with E-state index in [4.69, 9.17) is 4.74 Å². The van der Waals surface area contributed by atoms with E-state index in [1.807, 2.05) is 20.8 Å². The van der Waals surface area contributed by atoms with Crippen molar-refractivity contribution in [3.8, 4) is 5.75 Å². The third-order valence-corrected chi connectivity index (χ3v) is 6.41. The summed E-state index contributed by atoms with van der Waals surface area (Å²) in [5.41, 5.74) is 2.56. The Morgan fingerprint density at radius 1 is 1.24 bits per heavy atom. The first-order valence-corrected chi connectivity index (χ1v) is 8.88. The predicted molar refractivity (Wildman–Crippen MR) is 84.4 cm³/mol. The Balaban J connectivity index is 2.50. The molecule has 0 saturated carbocycles. The van der Waals surface area contributed by atoms with E-state index >= 15 is 0 Å². The molecule has 1 aromatic carbocycles. The summed E-state index contributed by atoms with van der Waals surface area (Å²) >= 11 is 0. The minimum atomic E-state index is -3.42. The molecule has 118 valence electrons. The van der Waals surface area contributed by atoms with Crippen LogP contribution in [0.5, 0.6) is 5.75 Å². The first-order chi connectivity index (χ1) is 9.78. The Bertz CT molecular complexity index is 637. The summed E-state index contributed by atoms with van der Waals surface area (Å²) in [5, 5.41) is 0. The third-order valence-electron chi connectivity index (χ3n) is 4.42. The van der Waals surface area contributed by atoms with E-state index < -0.39 is 10.0 Å². The van der Waals surface area contributed by atoms with Crippen molar-refractivity contribution in [2.24, 2.45) is 5.92 Å². The lowest BCUT2D eigenvalue weighted by Crippen LogP contribution is -2.39. The number of piperidine rings is 1. The molecule has 5 heteroatoms. The molecule has 0 aliphatic carbocycles. The lowest BCUT2D eigenvalue weighted by molar-refractivity contribution is 0.281. The average Bonchev–Trinajstić information content (AvgIpc) is 2.43. The number of hydrogen-bond acceptors (Lipinski definition) is 3. The van der Waals surface area contributed by atoms with E-state index in [0.29, 0.717) is 23.9 Å². The van der Waals surface area contributed by atoms with Crippen LogP contribution in [-0.2, 0) is 10.0 Å². The summed E-state index contributed by atoms with van der Waals surface area (Å²) in [6, 6.07) is 1.75. The molecule has 0 spiro atoms. The van der Waals surface area contributed by atoms with Gasteiger partial charge in [0.05, 0.1) is 12.0 Å². The molecule has 1 aliphatic rings. The fourth-order valence-electron chi connectivity index (χ4n) is 3.11. The van der Waals surface area contributed by atoms with E-state index in [9.17, 15) is 8.42 Å². The van der Waals surface area contributed by atoms with Crippen LogP contribution in [0.1, 0.15) is 36.5 Å². The molecule has 0 N–H and O–H groups in total. The maximum absolute atomic E-state index is 12.9. The van der Waals surface area contributed by atoms with Gasteiger partial charge in [-0.2, -0.15) is 4.31 Å². The number of sulfonamides is 1. The van der Waals surface area contributed by atoms with Gasteiger partial charge in [0.25, 0.3) is 0 Å². The molecule has 4 nitrogen and oxygen atoms in total. The molecule has 0 bridgehead atoms. The number of ether oxygens (including phenoxy) is 1. The Labute approximate surface area is 128 Å². The van der Waals surface area contributed by atoms with Crippen molar-refractivity contribution in [2.45, 2.75) is 45.4 Å². The minimum Gasteiger partial charge on any atom is -0.496 e. The van der Waals surface area contributed by atoms with Crippen LogP contribution in [0.3, 0.4) is 0 Å². The third kappa shape index (κ3) is 2.94. The highest BCUT2D eigenvalue weighted by Crippen LogP contribution is 2.33. The normalized spacial score (nSPS) is 20.5. The second kappa shape index (κ2) is 5.97. The number of rotatable bonds is 3. The van der Waals surface area contributed by atoms with Gasteiger partial charge in [-0.15, -0.1) is 0 Å². The van der Waals surface area contributed by atoms with Crippen LogP contribution in [0.4, 0.5) is 0 Å². The number of hydrogen-bond donors (Lipinski definition) is 0.